The summed E-state index contributed by atoms with van der Waals surface area (Å²) in [5.74, 6) is -0.364. The molecule has 3 nitrogen and oxygen atoms in total. The smallest absolute Gasteiger partial charge is 0.433 e. The third-order valence-corrected chi connectivity index (χ3v) is 2.77. The molecule has 2 aromatic rings. The van der Waals surface area contributed by atoms with Gasteiger partial charge in [0.15, 0.2) is 11.6 Å². The van der Waals surface area contributed by atoms with Gasteiger partial charge in [0.2, 0.25) is 0 Å². The number of anilines is 1. The minimum atomic E-state index is -4.46. The lowest BCUT2D eigenvalue weighted by Crippen LogP contribution is -2.08. The van der Waals surface area contributed by atoms with Gasteiger partial charge in [-0.15, -0.1) is 0 Å². The molecule has 112 valence electrons. The molecule has 0 aliphatic carbocycles. The van der Waals surface area contributed by atoms with Crippen molar-refractivity contribution in [1.82, 2.24) is 4.98 Å². The number of nitrogens with zero attached hydrogens (tertiary/aromatic N) is 1. The number of halogens is 4. The van der Waals surface area contributed by atoms with Crippen molar-refractivity contribution in [1.29, 1.82) is 0 Å². The number of benzene rings is 1. The number of rotatable bonds is 4. The third-order valence-electron chi connectivity index (χ3n) is 2.77. The lowest BCUT2D eigenvalue weighted by Gasteiger charge is -2.09. The van der Waals surface area contributed by atoms with Gasteiger partial charge in [-0.1, -0.05) is 6.07 Å². The lowest BCUT2D eigenvalue weighted by atomic mass is 10.2. The second kappa shape index (κ2) is 5.99. The van der Waals surface area contributed by atoms with Crippen LogP contribution >= 0.6 is 0 Å². The van der Waals surface area contributed by atoms with E-state index in [-0.39, 0.29) is 12.3 Å². The van der Waals surface area contributed by atoms with E-state index in [2.05, 4.69) is 10.3 Å². The predicted molar refractivity (Wildman–Crippen MR) is 69.5 cm³/mol. The first kappa shape index (κ1) is 15.1. The summed E-state index contributed by atoms with van der Waals surface area (Å²) in [6.07, 6.45) is -3.37. The monoisotopic (exact) mass is 300 g/mol. The largest absolute Gasteiger partial charge is 0.494 e. The van der Waals surface area contributed by atoms with Gasteiger partial charge in [0, 0.05) is 6.54 Å². The zero-order chi connectivity index (χ0) is 15.5. The Hall–Kier alpha value is -2.31. The number of hydrogen-bond donors (Lipinski definition) is 1. The molecule has 7 heteroatoms. The van der Waals surface area contributed by atoms with Crippen molar-refractivity contribution in [2.45, 2.75) is 12.7 Å². The molecule has 1 heterocycles. The summed E-state index contributed by atoms with van der Waals surface area (Å²) in [4.78, 5) is 3.33. The molecule has 0 aliphatic heterocycles. The Bertz CT molecular complexity index is 611. The van der Waals surface area contributed by atoms with Gasteiger partial charge in [-0.25, -0.2) is 9.37 Å². The van der Waals surface area contributed by atoms with E-state index in [9.17, 15) is 17.6 Å². The maximum Gasteiger partial charge on any atom is 0.433 e. The fourth-order valence-electron chi connectivity index (χ4n) is 1.69. The summed E-state index contributed by atoms with van der Waals surface area (Å²) < 4.78 is 55.3. The third kappa shape index (κ3) is 3.84. The first-order valence-electron chi connectivity index (χ1n) is 5.99. The van der Waals surface area contributed by atoms with Crippen LogP contribution < -0.4 is 10.1 Å². The molecular formula is C14H12F4N2O. The fraction of sp³-hybridized carbons (Fsp3) is 0.214. The van der Waals surface area contributed by atoms with E-state index in [4.69, 9.17) is 4.74 Å². The first-order chi connectivity index (χ1) is 9.90. The van der Waals surface area contributed by atoms with E-state index in [1.807, 2.05) is 0 Å². The van der Waals surface area contributed by atoms with Crippen LogP contribution in [0.15, 0.2) is 36.5 Å². The van der Waals surface area contributed by atoms with Gasteiger partial charge in [0.05, 0.1) is 19.0 Å². The molecule has 0 amide bonds. The zero-order valence-corrected chi connectivity index (χ0v) is 11.0. The van der Waals surface area contributed by atoms with Crippen molar-refractivity contribution in [3.8, 4) is 5.75 Å². The van der Waals surface area contributed by atoms with E-state index in [0.29, 0.717) is 11.3 Å². The van der Waals surface area contributed by atoms with Gasteiger partial charge in [0.25, 0.3) is 0 Å². The fourth-order valence-corrected chi connectivity index (χ4v) is 1.69. The van der Waals surface area contributed by atoms with Crippen LogP contribution in [0.4, 0.5) is 23.2 Å². The maximum atomic E-state index is 13.5. The molecule has 0 bridgehead atoms. The highest BCUT2D eigenvalue weighted by molar-refractivity contribution is 5.42. The Labute approximate surface area is 118 Å². The number of alkyl halides is 3. The quantitative estimate of drug-likeness (QED) is 0.871. The maximum absolute atomic E-state index is 13.5. The number of hydrogen-bond acceptors (Lipinski definition) is 3. The highest BCUT2D eigenvalue weighted by Crippen LogP contribution is 2.27. The van der Waals surface area contributed by atoms with E-state index in [0.717, 1.165) is 12.3 Å². The van der Waals surface area contributed by atoms with Crippen molar-refractivity contribution < 1.29 is 22.3 Å². The van der Waals surface area contributed by atoms with Crippen molar-refractivity contribution in [2.24, 2.45) is 0 Å². The predicted octanol–water partition coefficient (Wildman–Crippen LogP) is 3.86. The Kier molecular flexibility index (Phi) is 4.30. The summed E-state index contributed by atoms with van der Waals surface area (Å²) in [5, 5.41) is 2.87. The molecular weight excluding hydrogens is 288 g/mol. The number of aromatic nitrogens is 1. The topological polar surface area (TPSA) is 34.1 Å². The van der Waals surface area contributed by atoms with Crippen molar-refractivity contribution in [3.63, 3.8) is 0 Å². The van der Waals surface area contributed by atoms with Crippen LogP contribution in [0.1, 0.15) is 11.3 Å². The number of nitrogens with one attached hydrogen (secondary N) is 1. The first-order valence-corrected chi connectivity index (χ1v) is 5.99. The molecule has 0 spiro atoms. The van der Waals surface area contributed by atoms with Crippen LogP contribution in [-0.2, 0) is 12.7 Å². The standard InChI is InChI=1S/C14H12F4N2O/c1-21-12-4-2-9(6-11(12)15)7-19-10-3-5-13(20-8-10)14(16,17)18/h2-6,8,19H,7H2,1H3. The molecule has 1 N–H and O–H groups in total. The number of pyridine rings is 1. The molecule has 0 saturated carbocycles. The zero-order valence-electron chi connectivity index (χ0n) is 11.0. The molecule has 1 aromatic carbocycles. The van der Waals surface area contributed by atoms with Gasteiger partial charge >= 0.3 is 6.18 Å². The molecule has 0 radical (unpaired) electrons. The normalized spacial score (nSPS) is 11.3. The molecule has 0 aliphatic rings. The highest BCUT2D eigenvalue weighted by atomic mass is 19.4. The highest BCUT2D eigenvalue weighted by Gasteiger charge is 2.31. The van der Waals surface area contributed by atoms with Crippen LogP contribution in [0.2, 0.25) is 0 Å². The van der Waals surface area contributed by atoms with Crippen LogP contribution in [-0.4, -0.2) is 12.1 Å². The number of ether oxygens (including phenoxy) is 1. The average molecular weight is 300 g/mol. The second-order valence-corrected chi connectivity index (χ2v) is 4.25. The minimum Gasteiger partial charge on any atom is -0.494 e. The van der Waals surface area contributed by atoms with E-state index < -0.39 is 17.7 Å². The minimum absolute atomic E-state index is 0.134. The molecule has 0 saturated heterocycles. The summed E-state index contributed by atoms with van der Waals surface area (Å²) in [7, 11) is 1.37. The second-order valence-electron chi connectivity index (χ2n) is 4.25. The average Bonchev–Trinajstić information content (AvgIpc) is 2.45. The molecule has 0 atom stereocenters. The molecule has 21 heavy (non-hydrogen) atoms. The summed E-state index contributed by atoms with van der Waals surface area (Å²) >= 11 is 0. The van der Waals surface area contributed by atoms with Gasteiger partial charge in [-0.3, -0.25) is 0 Å². The van der Waals surface area contributed by atoms with E-state index >= 15 is 0 Å². The SMILES string of the molecule is COc1ccc(CNc2ccc(C(F)(F)F)nc2)cc1F. The van der Waals surface area contributed by atoms with Crippen molar-refractivity contribution in [2.75, 3.05) is 12.4 Å². The van der Waals surface area contributed by atoms with Crippen molar-refractivity contribution in [3.05, 3.63) is 53.6 Å². The summed E-state index contributed by atoms with van der Waals surface area (Å²) in [6.45, 7) is 0.258. The van der Waals surface area contributed by atoms with Gasteiger partial charge in [0.1, 0.15) is 5.69 Å². The van der Waals surface area contributed by atoms with Crippen LogP contribution in [0.5, 0.6) is 5.75 Å². The Balaban J connectivity index is 2.01. The van der Waals surface area contributed by atoms with Crippen LogP contribution in [0.3, 0.4) is 0 Å². The van der Waals surface area contributed by atoms with Crippen LogP contribution in [0, 0.1) is 5.82 Å². The Morgan fingerprint density at radius 2 is 1.95 bits per heavy atom. The Morgan fingerprint density at radius 3 is 2.48 bits per heavy atom. The van der Waals surface area contributed by atoms with Crippen molar-refractivity contribution >= 4 is 5.69 Å². The van der Waals surface area contributed by atoms with E-state index in [1.165, 1.54) is 25.3 Å². The van der Waals surface area contributed by atoms with Gasteiger partial charge < -0.3 is 10.1 Å². The molecule has 0 unspecified atom stereocenters. The number of methoxy groups -OCH3 is 1. The van der Waals surface area contributed by atoms with Gasteiger partial charge in [-0.05, 0) is 29.8 Å². The summed E-state index contributed by atoms with van der Waals surface area (Å²) in [5.41, 5.74) is 0.0935. The lowest BCUT2D eigenvalue weighted by molar-refractivity contribution is -0.141. The van der Waals surface area contributed by atoms with Crippen LogP contribution in [0.25, 0.3) is 0 Å². The summed E-state index contributed by atoms with van der Waals surface area (Å²) in [6, 6.07) is 6.60. The molecule has 2 rings (SSSR count). The molecule has 1 aromatic heterocycles. The van der Waals surface area contributed by atoms with Gasteiger partial charge in [-0.2, -0.15) is 13.2 Å². The molecule has 0 fully saturated rings. The Morgan fingerprint density at radius 1 is 1.19 bits per heavy atom. The van der Waals surface area contributed by atoms with E-state index in [1.54, 1.807) is 6.07 Å².